The number of amides is 1. The predicted octanol–water partition coefficient (Wildman–Crippen LogP) is 2.08. The smallest absolute Gasteiger partial charge is 0.256 e. The number of hydrogen-bond donors (Lipinski definition) is 2. The Balaban J connectivity index is 2.22. The Hall–Kier alpha value is -1.93. The Bertz CT molecular complexity index is 789. The highest BCUT2D eigenvalue weighted by Crippen LogP contribution is 2.21. The van der Waals surface area contributed by atoms with E-state index in [1.165, 1.54) is 24.4 Å². The highest BCUT2D eigenvalue weighted by molar-refractivity contribution is 9.10. The number of carbonyl (C=O) groups excluding carboxylic acids is 1. The third kappa shape index (κ3) is 3.79. The Morgan fingerprint density at radius 2 is 2.00 bits per heavy atom. The van der Waals surface area contributed by atoms with E-state index in [4.69, 9.17) is 5.73 Å². The van der Waals surface area contributed by atoms with Crippen LogP contribution in [-0.2, 0) is 9.84 Å². The molecular weight excluding hydrogens is 358 g/mol. The normalized spacial score (nSPS) is 11.1. The van der Waals surface area contributed by atoms with Crippen LogP contribution in [0.3, 0.4) is 0 Å². The maximum Gasteiger partial charge on any atom is 0.256 e. The Kier molecular flexibility index (Phi) is 4.29. The van der Waals surface area contributed by atoms with Crippen molar-refractivity contribution < 1.29 is 13.2 Å². The van der Waals surface area contributed by atoms with Crippen LogP contribution in [0.5, 0.6) is 0 Å². The molecule has 0 aliphatic heterocycles. The van der Waals surface area contributed by atoms with Gasteiger partial charge in [0.1, 0.15) is 0 Å². The van der Waals surface area contributed by atoms with Gasteiger partial charge >= 0.3 is 0 Å². The molecule has 8 heteroatoms. The van der Waals surface area contributed by atoms with E-state index >= 15 is 0 Å². The summed E-state index contributed by atoms with van der Waals surface area (Å²) in [6, 6.07) is 7.69. The maximum absolute atomic E-state index is 12.1. The van der Waals surface area contributed by atoms with Crippen LogP contribution in [0, 0.1) is 0 Å². The zero-order valence-corrected chi connectivity index (χ0v) is 13.4. The summed E-state index contributed by atoms with van der Waals surface area (Å²) in [6.45, 7) is 0. The summed E-state index contributed by atoms with van der Waals surface area (Å²) in [5, 5.41) is 2.57. The summed E-state index contributed by atoms with van der Waals surface area (Å²) in [4.78, 5) is 15.9. The van der Waals surface area contributed by atoms with Gasteiger partial charge in [0.05, 0.1) is 17.4 Å². The molecule has 0 aliphatic carbocycles. The number of carbonyl (C=O) groups is 1. The summed E-state index contributed by atoms with van der Waals surface area (Å²) in [7, 11) is -3.36. The molecule has 3 N–H and O–H groups in total. The fourth-order valence-corrected chi connectivity index (χ4v) is 2.57. The van der Waals surface area contributed by atoms with Crippen LogP contribution in [0.4, 0.5) is 11.4 Å². The van der Waals surface area contributed by atoms with Crippen molar-refractivity contribution in [1.29, 1.82) is 0 Å². The van der Waals surface area contributed by atoms with Crippen molar-refractivity contribution in [2.45, 2.75) is 5.03 Å². The van der Waals surface area contributed by atoms with Gasteiger partial charge in [0, 0.05) is 16.4 Å². The van der Waals surface area contributed by atoms with Gasteiger partial charge in [-0.15, -0.1) is 0 Å². The number of nitrogens with one attached hydrogen (secondary N) is 1. The van der Waals surface area contributed by atoms with Gasteiger partial charge in [-0.3, -0.25) is 4.79 Å². The minimum atomic E-state index is -3.36. The van der Waals surface area contributed by atoms with E-state index in [0.29, 0.717) is 21.4 Å². The van der Waals surface area contributed by atoms with Crippen LogP contribution >= 0.6 is 15.9 Å². The summed E-state index contributed by atoms with van der Waals surface area (Å²) in [6.07, 6.45) is 2.35. The van der Waals surface area contributed by atoms with Crippen LogP contribution in [0.15, 0.2) is 46.0 Å². The number of pyridine rings is 1. The van der Waals surface area contributed by atoms with Crippen LogP contribution in [0.25, 0.3) is 0 Å². The van der Waals surface area contributed by atoms with Gasteiger partial charge in [-0.05, 0) is 46.3 Å². The molecule has 110 valence electrons. The molecule has 0 spiro atoms. The molecule has 1 aromatic carbocycles. The second-order valence-electron chi connectivity index (χ2n) is 4.35. The first-order chi connectivity index (χ1) is 9.77. The minimum Gasteiger partial charge on any atom is -0.399 e. The minimum absolute atomic E-state index is 0.0503. The van der Waals surface area contributed by atoms with Gasteiger partial charge in [-0.25, -0.2) is 13.4 Å². The van der Waals surface area contributed by atoms with Crippen LogP contribution in [-0.4, -0.2) is 25.6 Å². The highest BCUT2D eigenvalue weighted by Gasteiger charge is 2.12. The SMILES string of the molecule is CS(=O)(=O)c1ccc(NC(=O)c2cc(N)ccc2Br)cn1. The second-order valence-corrected chi connectivity index (χ2v) is 7.17. The van der Waals surface area contributed by atoms with Crippen LogP contribution < -0.4 is 11.1 Å². The third-order valence-electron chi connectivity index (χ3n) is 2.61. The van der Waals surface area contributed by atoms with Gasteiger partial charge in [-0.2, -0.15) is 0 Å². The number of nitrogen functional groups attached to an aromatic ring is 1. The molecule has 0 atom stereocenters. The van der Waals surface area contributed by atoms with Gasteiger partial charge in [0.2, 0.25) is 0 Å². The van der Waals surface area contributed by atoms with Gasteiger partial charge in [-0.1, -0.05) is 0 Å². The van der Waals surface area contributed by atoms with Gasteiger partial charge in [0.25, 0.3) is 5.91 Å². The highest BCUT2D eigenvalue weighted by atomic mass is 79.9. The van der Waals surface area contributed by atoms with Gasteiger partial charge < -0.3 is 11.1 Å². The van der Waals surface area contributed by atoms with E-state index in [0.717, 1.165) is 6.26 Å². The van der Waals surface area contributed by atoms with Crippen molar-refractivity contribution >= 4 is 43.0 Å². The molecule has 1 amide bonds. The molecule has 0 unspecified atom stereocenters. The lowest BCUT2D eigenvalue weighted by molar-refractivity contribution is 0.102. The van der Waals surface area contributed by atoms with Crippen molar-refractivity contribution in [3.8, 4) is 0 Å². The number of sulfone groups is 1. The summed E-state index contributed by atoms with van der Waals surface area (Å²) in [5.41, 5.74) is 6.88. The lowest BCUT2D eigenvalue weighted by atomic mass is 10.2. The lowest BCUT2D eigenvalue weighted by Crippen LogP contribution is -2.13. The quantitative estimate of drug-likeness (QED) is 0.806. The number of anilines is 2. The molecule has 6 nitrogen and oxygen atoms in total. The number of benzene rings is 1. The Labute approximate surface area is 130 Å². The number of hydrogen-bond acceptors (Lipinski definition) is 5. The first-order valence-corrected chi connectivity index (χ1v) is 8.48. The van der Waals surface area contributed by atoms with Crippen molar-refractivity contribution in [2.24, 2.45) is 0 Å². The van der Waals surface area contributed by atoms with E-state index < -0.39 is 9.84 Å². The van der Waals surface area contributed by atoms with Crippen LogP contribution in [0.1, 0.15) is 10.4 Å². The third-order valence-corrected chi connectivity index (χ3v) is 4.30. The number of aromatic nitrogens is 1. The van der Waals surface area contributed by atoms with E-state index in [9.17, 15) is 13.2 Å². The Morgan fingerprint density at radius 1 is 1.29 bits per heavy atom. The zero-order chi connectivity index (χ0) is 15.6. The molecule has 0 saturated heterocycles. The largest absolute Gasteiger partial charge is 0.399 e. The standard InChI is InChI=1S/C13H12BrN3O3S/c1-21(19,20)12-5-3-9(7-16-12)17-13(18)10-6-8(15)2-4-11(10)14/h2-7H,15H2,1H3,(H,17,18). The van der Waals surface area contributed by atoms with E-state index in [2.05, 4.69) is 26.2 Å². The predicted molar refractivity (Wildman–Crippen MR) is 83.9 cm³/mol. The average Bonchev–Trinajstić information content (AvgIpc) is 2.41. The molecule has 0 aliphatic rings. The molecule has 2 rings (SSSR count). The van der Waals surface area contributed by atoms with Gasteiger partial charge in [0.15, 0.2) is 14.9 Å². The molecule has 1 heterocycles. The maximum atomic E-state index is 12.1. The molecule has 0 saturated carbocycles. The van der Waals surface area contributed by atoms with E-state index in [-0.39, 0.29) is 10.9 Å². The summed E-state index contributed by atoms with van der Waals surface area (Å²) in [5.74, 6) is -0.372. The molecule has 1 aromatic heterocycles. The van der Waals surface area contributed by atoms with Crippen molar-refractivity contribution in [1.82, 2.24) is 4.98 Å². The van der Waals surface area contributed by atoms with Crippen molar-refractivity contribution in [2.75, 3.05) is 17.3 Å². The second kappa shape index (κ2) is 5.82. The zero-order valence-electron chi connectivity index (χ0n) is 11.0. The van der Waals surface area contributed by atoms with E-state index in [1.54, 1.807) is 12.1 Å². The average molecular weight is 370 g/mol. The fraction of sp³-hybridized carbons (Fsp3) is 0.0769. The number of nitrogens with zero attached hydrogens (tertiary/aromatic N) is 1. The Morgan fingerprint density at radius 3 is 2.57 bits per heavy atom. The first-order valence-electron chi connectivity index (χ1n) is 5.80. The molecule has 0 bridgehead atoms. The molecule has 21 heavy (non-hydrogen) atoms. The molecule has 0 radical (unpaired) electrons. The van der Waals surface area contributed by atoms with Crippen LogP contribution in [0.2, 0.25) is 0 Å². The lowest BCUT2D eigenvalue weighted by Gasteiger charge is -2.08. The molecular formula is C13H12BrN3O3S. The fourth-order valence-electron chi connectivity index (χ4n) is 1.59. The summed E-state index contributed by atoms with van der Waals surface area (Å²) < 4.78 is 23.2. The number of nitrogens with two attached hydrogens (primary N) is 1. The number of rotatable bonds is 3. The van der Waals surface area contributed by atoms with E-state index in [1.807, 2.05) is 0 Å². The molecule has 2 aromatic rings. The summed E-state index contributed by atoms with van der Waals surface area (Å²) >= 11 is 3.27. The van der Waals surface area contributed by atoms with Crippen molar-refractivity contribution in [3.63, 3.8) is 0 Å². The first kappa shape index (κ1) is 15.5. The monoisotopic (exact) mass is 369 g/mol. The molecule has 0 fully saturated rings. The van der Waals surface area contributed by atoms with Crippen molar-refractivity contribution in [3.05, 3.63) is 46.6 Å². The number of halogens is 1. The topological polar surface area (TPSA) is 102 Å².